The van der Waals surface area contributed by atoms with E-state index in [2.05, 4.69) is 5.32 Å². The van der Waals surface area contributed by atoms with Crippen molar-refractivity contribution >= 4 is 29.1 Å². The molecule has 0 bridgehead atoms. The third-order valence-corrected chi connectivity index (χ3v) is 3.27. The van der Waals surface area contributed by atoms with E-state index in [0.717, 1.165) is 6.07 Å². The number of hydrogen-bond donors (Lipinski definition) is 1. The molecule has 19 heavy (non-hydrogen) atoms. The molecule has 0 aliphatic carbocycles. The van der Waals surface area contributed by atoms with Crippen molar-refractivity contribution < 1.29 is 14.0 Å². The molecule has 1 saturated heterocycles. The van der Waals surface area contributed by atoms with Crippen LogP contribution in [0.5, 0.6) is 0 Å². The van der Waals surface area contributed by atoms with Gasteiger partial charge in [-0.3, -0.25) is 14.5 Å². The molecule has 2 amide bonds. The minimum absolute atomic E-state index is 0.0880. The van der Waals surface area contributed by atoms with Crippen molar-refractivity contribution in [1.82, 2.24) is 4.90 Å². The molecule has 1 atom stereocenters. The summed E-state index contributed by atoms with van der Waals surface area (Å²) in [4.78, 5) is 25.0. The number of anilines is 1. The molecule has 1 aliphatic rings. The second-order valence-electron chi connectivity index (χ2n) is 4.72. The molecule has 1 fully saturated rings. The minimum atomic E-state index is -0.641. The maximum absolute atomic E-state index is 12.9. The van der Waals surface area contributed by atoms with Crippen molar-refractivity contribution in [2.24, 2.45) is 0 Å². The number of halogens is 2. The number of carbonyl (C=O) groups excluding carboxylic acids is 2. The summed E-state index contributed by atoms with van der Waals surface area (Å²) in [6.45, 7) is 3.56. The summed E-state index contributed by atoms with van der Waals surface area (Å²) in [5, 5.41) is 3.07. The summed E-state index contributed by atoms with van der Waals surface area (Å²) in [6.07, 6.45) is 0.0880. The van der Waals surface area contributed by atoms with Crippen LogP contribution in [0, 0.1) is 5.82 Å². The van der Waals surface area contributed by atoms with Gasteiger partial charge < -0.3 is 5.32 Å². The molecule has 1 N–H and O–H groups in total. The van der Waals surface area contributed by atoms with Crippen LogP contribution >= 0.6 is 11.6 Å². The van der Waals surface area contributed by atoms with Crippen LogP contribution in [0.4, 0.5) is 10.1 Å². The number of amides is 2. The number of imide groups is 1. The summed E-state index contributed by atoms with van der Waals surface area (Å²) in [7, 11) is 0. The van der Waals surface area contributed by atoms with Crippen molar-refractivity contribution in [3.8, 4) is 0 Å². The maximum Gasteiger partial charge on any atom is 0.252 e. The van der Waals surface area contributed by atoms with Gasteiger partial charge in [-0.05, 0) is 32.0 Å². The molecule has 102 valence electrons. The predicted octanol–water partition coefficient (Wildman–Crippen LogP) is 2.43. The summed E-state index contributed by atoms with van der Waals surface area (Å²) < 4.78 is 12.9. The van der Waals surface area contributed by atoms with Gasteiger partial charge in [-0.15, -0.1) is 0 Å². The van der Waals surface area contributed by atoms with Gasteiger partial charge in [0.05, 0.1) is 17.1 Å². The number of benzene rings is 1. The lowest BCUT2D eigenvalue weighted by molar-refractivity contribution is -0.140. The van der Waals surface area contributed by atoms with Crippen LogP contribution < -0.4 is 5.32 Å². The van der Waals surface area contributed by atoms with Crippen LogP contribution in [-0.4, -0.2) is 28.8 Å². The number of carbonyl (C=O) groups is 2. The van der Waals surface area contributed by atoms with Crippen molar-refractivity contribution in [2.75, 3.05) is 5.32 Å². The highest BCUT2D eigenvalue weighted by atomic mass is 35.5. The van der Waals surface area contributed by atoms with Crippen molar-refractivity contribution in [3.63, 3.8) is 0 Å². The fourth-order valence-corrected chi connectivity index (χ4v) is 2.32. The highest BCUT2D eigenvalue weighted by Gasteiger charge is 2.40. The largest absolute Gasteiger partial charge is 0.372 e. The molecule has 0 radical (unpaired) electrons. The Balaban J connectivity index is 2.16. The molecular weight excluding hydrogens is 271 g/mol. The zero-order chi connectivity index (χ0) is 14.2. The summed E-state index contributed by atoms with van der Waals surface area (Å²) >= 11 is 5.88. The fraction of sp³-hybridized carbons (Fsp3) is 0.385. The Kier molecular flexibility index (Phi) is 3.75. The first-order chi connectivity index (χ1) is 8.90. The van der Waals surface area contributed by atoms with Crippen molar-refractivity contribution in [1.29, 1.82) is 0 Å². The van der Waals surface area contributed by atoms with E-state index >= 15 is 0 Å². The van der Waals surface area contributed by atoms with Crippen molar-refractivity contribution in [3.05, 3.63) is 29.0 Å². The summed E-state index contributed by atoms with van der Waals surface area (Å²) in [5.41, 5.74) is 0.444. The number of nitrogens with one attached hydrogen (secondary N) is 1. The summed E-state index contributed by atoms with van der Waals surface area (Å²) in [6, 6.07) is 3.04. The van der Waals surface area contributed by atoms with E-state index in [1.54, 1.807) is 13.8 Å². The van der Waals surface area contributed by atoms with Gasteiger partial charge in [0.2, 0.25) is 5.91 Å². The molecule has 1 aromatic carbocycles. The first-order valence-electron chi connectivity index (χ1n) is 5.97. The molecule has 0 saturated carbocycles. The molecule has 1 aliphatic heterocycles. The molecule has 6 heteroatoms. The van der Waals surface area contributed by atoms with Crippen LogP contribution in [0.3, 0.4) is 0 Å². The average molecular weight is 285 g/mol. The Morgan fingerprint density at radius 1 is 1.42 bits per heavy atom. The second-order valence-corrected chi connectivity index (χ2v) is 5.13. The van der Waals surface area contributed by atoms with Crippen LogP contribution in [0.25, 0.3) is 0 Å². The quantitative estimate of drug-likeness (QED) is 0.867. The van der Waals surface area contributed by atoms with Gasteiger partial charge >= 0.3 is 0 Å². The van der Waals surface area contributed by atoms with Gasteiger partial charge in [-0.25, -0.2) is 4.39 Å². The Hall–Kier alpha value is -1.62. The van der Waals surface area contributed by atoms with E-state index in [9.17, 15) is 14.0 Å². The Labute approximate surface area is 115 Å². The van der Waals surface area contributed by atoms with Crippen LogP contribution in [0.15, 0.2) is 18.2 Å². The van der Waals surface area contributed by atoms with Crippen LogP contribution in [-0.2, 0) is 9.59 Å². The Morgan fingerprint density at radius 3 is 2.63 bits per heavy atom. The summed E-state index contributed by atoms with van der Waals surface area (Å²) in [5.74, 6) is -0.940. The van der Waals surface area contributed by atoms with E-state index in [4.69, 9.17) is 11.6 Å². The Bertz CT molecular complexity index is 533. The number of nitrogens with zero attached hydrogens (tertiary/aromatic N) is 1. The maximum atomic E-state index is 12.9. The van der Waals surface area contributed by atoms with Crippen LogP contribution in [0.2, 0.25) is 5.02 Å². The van der Waals surface area contributed by atoms with Crippen LogP contribution in [0.1, 0.15) is 20.3 Å². The lowest BCUT2D eigenvalue weighted by atomic mass is 10.2. The molecular formula is C13H14ClFN2O2. The van der Waals surface area contributed by atoms with Crippen molar-refractivity contribution in [2.45, 2.75) is 32.4 Å². The zero-order valence-electron chi connectivity index (χ0n) is 10.6. The standard InChI is InChI=1S/C13H14ClFN2O2/c1-7(2)17-12(18)6-11(13(17)19)16-10-4-3-8(15)5-9(10)14/h3-5,7,11,16H,6H2,1-2H3. The molecule has 1 aromatic rings. The fourth-order valence-electron chi connectivity index (χ4n) is 2.10. The normalized spacial score (nSPS) is 19.4. The van der Waals surface area contributed by atoms with E-state index in [1.165, 1.54) is 17.0 Å². The number of hydrogen-bond acceptors (Lipinski definition) is 3. The molecule has 1 heterocycles. The van der Waals surface area contributed by atoms with E-state index in [1.807, 2.05) is 0 Å². The average Bonchev–Trinajstić information content (AvgIpc) is 2.58. The highest BCUT2D eigenvalue weighted by Crippen LogP contribution is 2.26. The molecule has 0 aromatic heterocycles. The van der Waals surface area contributed by atoms with Gasteiger partial charge in [-0.2, -0.15) is 0 Å². The van der Waals surface area contributed by atoms with Gasteiger partial charge in [-0.1, -0.05) is 11.6 Å². The highest BCUT2D eigenvalue weighted by molar-refractivity contribution is 6.33. The topological polar surface area (TPSA) is 49.4 Å². The molecule has 1 unspecified atom stereocenters. The smallest absolute Gasteiger partial charge is 0.252 e. The Morgan fingerprint density at radius 2 is 2.11 bits per heavy atom. The van der Waals surface area contributed by atoms with Gasteiger partial charge in [0.1, 0.15) is 11.9 Å². The van der Waals surface area contributed by atoms with Gasteiger partial charge in [0, 0.05) is 6.04 Å². The molecule has 4 nitrogen and oxygen atoms in total. The minimum Gasteiger partial charge on any atom is -0.372 e. The van der Waals surface area contributed by atoms with Gasteiger partial charge in [0.25, 0.3) is 5.91 Å². The number of rotatable bonds is 3. The third-order valence-electron chi connectivity index (χ3n) is 2.96. The zero-order valence-corrected chi connectivity index (χ0v) is 11.4. The lowest BCUT2D eigenvalue weighted by Gasteiger charge is -2.19. The SMILES string of the molecule is CC(C)N1C(=O)CC(Nc2ccc(F)cc2Cl)C1=O. The first kappa shape index (κ1) is 13.8. The number of likely N-dealkylation sites (tertiary alicyclic amines) is 1. The van der Waals surface area contributed by atoms with E-state index in [0.29, 0.717) is 5.69 Å². The third kappa shape index (κ3) is 2.71. The monoisotopic (exact) mass is 284 g/mol. The second kappa shape index (κ2) is 5.17. The molecule has 2 rings (SSSR count). The molecule has 0 spiro atoms. The lowest BCUT2D eigenvalue weighted by Crippen LogP contribution is -2.39. The van der Waals surface area contributed by atoms with E-state index < -0.39 is 11.9 Å². The predicted molar refractivity (Wildman–Crippen MR) is 70.4 cm³/mol. The van der Waals surface area contributed by atoms with E-state index in [-0.39, 0.29) is 29.3 Å². The first-order valence-corrected chi connectivity index (χ1v) is 6.35. The van der Waals surface area contributed by atoms with Gasteiger partial charge in [0.15, 0.2) is 0 Å².